The topological polar surface area (TPSA) is 96.9 Å². The number of amides is 1. The highest BCUT2D eigenvalue weighted by atomic mass is 79.9. The maximum Gasteiger partial charge on any atom is 0.336 e. The van der Waals surface area contributed by atoms with Crippen molar-refractivity contribution in [2.45, 2.75) is 20.4 Å². The number of nitrogens with one attached hydrogen (secondary N) is 2. The average molecular weight is 513 g/mol. The number of aromatic carboxylic acids is 1. The van der Waals surface area contributed by atoms with Gasteiger partial charge < -0.3 is 25.2 Å². The third-order valence-corrected chi connectivity index (χ3v) is 5.61. The van der Waals surface area contributed by atoms with Crippen LogP contribution in [0.4, 0.5) is 11.4 Å². The van der Waals surface area contributed by atoms with Crippen LogP contribution in [0.1, 0.15) is 27.0 Å². The highest BCUT2D eigenvalue weighted by molar-refractivity contribution is 9.10. The van der Waals surface area contributed by atoms with E-state index in [1.807, 2.05) is 43.3 Å². The molecule has 172 valence electrons. The minimum absolute atomic E-state index is 0.179. The third kappa shape index (κ3) is 6.26. The molecule has 3 N–H and O–H groups in total. The summed E-state index contributed by atoms with van der Waals surface area (Å²) in [7, 11) is 1.53. The lowest BCUT2D eigenvalue weighted by Crippen LogP contribution is -2.20. The van der Waals surface area contributed by atoms with Crippen LogP contribution in [0, 0.1) is 13.8 Å². The Kier molecular flexibility index (Phi) is 7.95. The Balaban J connectivity index is 1.67. The molecule has 7 nitrogen and oxygen atoms in total. The first-order valence-electron chi connectivity index (χ1n) is 10.2. The Hall–Kier alpha value is -3.52. The van der Waals surface area contributed by atoms with E-state index in [4.69, 9.17) is 9.47 Å². The number of aryl methyl sites for hydroxylation is 1. The molecule has 0 aliphatic heterocycles. The normalized spacial score (nSPS) is 10.4. The van der Waals surface area contributed by atoms with E-state index in [1.165, 1.54) is 7.11 Å². The number of carboxylic acids is 1. The van der Waals surface area contributed by atoms with Crippen LogP contribution in [0.3, 0.4) is 0 Å². The quantitative estimate of drug-likeness (QED) is 0.355. The molecule has 0 aliphatic carbocycles. The molecule has 0 bridgehead atoms. The summed E-state index contributed by atoms with van der Waals surface area (Å²) in [6.07, 6.45) is 0. The highest BCUT2D eigenvalue weighted by Gasteiger charge is 2.15. The molecule has 3 aromatic rings. The van der Waals surface area contributed by atoms with Crippen LogP contribution >= 0.6 is 15.9 Å². The van der Waals surface area contributed by atoms with Crippen LogP contribution < -0.4 is 20.1 Å². The highest BCUT2D eigenvalue weighted by Crippen LogP contribution is 2.37. The standard InChI is InChI=1S/C25H25BrN2O5/c1-15-7-9-18(10-8-15)28-23(29)14-33-24-20(26)11-17(12-22(24)32-3)13-27-21-6-4-5-19(16(21)2)25(30)31/h4-12,27H,13-14H2,1-3H3,(H,28,29)(H,30,31). The van der Waals surface area contributed by atoms with E-state index < -0.39 is 5.97 Å². The van der Waals surface area contributed by atoms with Crippen molar-refractivity contribution in [1.82, 2.24) is 0 Å². The minimum Gasteiger partial charge on any atom is -0.493 e. The van der Waals surface area contributed by atoms with Crippen molar-refractivity contribution >= 4 is 39.2 Å². The zero-order valence-corrected chi connectivity index (χ0v) is 20.2. The Morgan fingerprint density at radius 2 is 1.79 bits per heavy atom. The van der Waals surface area contributed by atoms with Crippen molar-refractivity contribution < 1.29 is 24.2 Å². The lowest BCUT2D eigenvalue weighted by molar-refractivity contribution is -0.118. The van der Waals surface area contributed by atoms with Gasteiger partial charge in [0.2, 0.25) is 0 Å². The third-order valence-electron chi connectivity index (χ3n) is 5.02. The second-order valence-corrected chi connectivity index (χ2v) is 8.30. The molecule has 8 heteroatoms. The first kappa shape index (κ1) is 24.1. The number of carboxylic acid groups (broad SMARTS) is 1. The predicted octanol–water partition coefficient (Wildman–Crippen LogP) is 5.40. The van der Waals surface area contributed by atoms with E-state index in [-0.39, 0.29) is 18.1 Å². The van der Waals surface area contributed by atoms with Gasteiger partial charge in [0.05, 0.1) is 17.1 Å². The second-order valence-electron chi connectivity index (χ2n) is 7.45. The van der Waals surface area contributed by atoms with Crippen molar-refractivity contribution in [3.8, 4) is 11.5 Å². The van der Waals surface area contributed by atoms with Crippen molar-refractivity contribution in [1.29, 1.82) is 0 Å². The molecule has 1 amide bonds. The number of benzene rings is 3. The van der Waals surface area contributed by atoms with Crippen molar-refractivity contribution in [3.63, 3.8) is 0 Å². The van der Waals surface area contributed by atoms with Gasteiger partial charge in [0.1, 0.15) is 0 Å². The number of carbonyl (C=O) groups is 2. The molecule has 0 aliphatic rings. The molecule has 0 spiro atoms. The molecule has 0 aromatic heterocycles. The van der Waals surface area contributed by atoms with Gasteiger partial charge in [0.15, 0.2) is 18.1 Å². The summed E-state index contributed by atoms with van der Waals surface area (Å²) in [6, 6.07) is 16.3. The molecule has 0 unspecified atom stereocenters. The molecular formula is C25H25BrN2O5. The summed E-state index contributed by atoms with van der Waals surface area (Å²) < 4.78 is 11.8. The molecule has 0 saturated carbocycles. The number of hydrogen-bond donors (Lipinski definition) is 3. The largest absolute Gasteiger partial charge is 0.493 e. The zero-order chi connectivity index (χ0) is 24.0. The Morgan fingerprint density at radius 3 is 2.45 bits per heavy atom. The Bertz CT molecular complexity index is 1160. The van der Waals surface area contributed by atoms with Crippen LogP contribution in [0.25, 0.3) is 0 Å². The predicted molar refractivity (Wildman–Crippen MR) is 131 cm³/mol. The summed E-state index contributed by atoms with van der Waals surface area (Å²) in [5, 5.41) is 15.4. The first-order valence-corrected chi connectivity index (χ1v) is 11.0. The minimum atomic E-state index is -0.964. The summed E-state index contributed by atoms with van der Waals surface area (Å²) in [5.41, 5.74) is 4.34. The van der Waals surface area contributed by atoms with Crippen LogP contribution in [-0.4, -0.2) is 30.7 Å². The second kappa shape index (κ2) is 10.9. The Labute approximate surface area is 200 Å². The molecule has 33 heavy (non-hydrogen) atoms. The summed E-state index contributed by atoms with van der Waals surface area (Å²) in [6.45, 7) is 4.00. The molecule has 0 fully saturated rings. The first-order chi connectivity index (χ1) is 15.8. The number of rotatable bonds is 9. The number of anilines is 2. The zero-order valence-electron chi connectivity index (χ0n) is 18.6. The Morgan fingerprint density at radius 1 is 1.06 bits per heavy atom. The van der Waals surface area contributed by atoms with E-state index in [1.54, 1.807) is 25.1 Å². The summed E-state index contributed by atoms with van der Waals surface area (Å²) in [4.78, 5) is 23.6. The van der Waals surface area contributed by atoms with Gasteiger partial charge in [-0.05, 0) is 77.3 Å². The van der Waals surface area contributed by atoms with E-state index in [2.05, 4.69) is 26.6 Å². The lowest BCUT2D eigenvalue weighted by Gasteiger charge is -2.16. The van der Waals surface area contributed by atoms with Gasteiger partial charge in [-0.3, -0.25) is 4.79 Å². The number of hydrogen-bond acceptors (Lipinski definition) is 5. The smallest absolute Gasteiger partial charge is 0.336 e. The van der Waals surface area contributed by atoms with Crippen LogP contribution in [-0.2, 0) is 11.3 Å². The SMILES string of the molecule is COc1cc(CNc2cccc(C(=O)O)c2C)cc(Br)c1OCC(=O)Nc1ccc(C)cc1. The molecule has 0 radical (unpaired) electrons. The van der Waals surface area contributed by atoms with Gasteiger partial charge in [-0.2, -0.15) is 0 Å². The van der Waals surface area contributed by atoms with Crippen LogP contribution in [0.5, 0.6) is 11.5 Å². The molecule has 0 atom stereocenters. The number of ether oxygens (including phenoxy) is 2. The number of methoxy groups -OCH3 is 1. The fourth-order valence-corrected chi connectivity index (χ4v) is 3.85. The van der Waals surface area contributed by atoms with E-state index in [0.717, 1.165) is 16.8 Å². The summed E-state index contributed by atoms with van der Waals surface area (Å²) in [5.74, 6) is -0.356. The van der Waals surface area contributed by atoms with Crippen molar-refractivity contribution in [2.75, 3.05) is 24.4 Å². The molecular weight excluding hydrogens is 488 g/mol. The van der Waals surface area contributed by atoms with E-state index in [0.29, 0.717) is 33.8 Å². The van der Waals surface area contributed by atoms with Crippen LogP contribution in [0.2, 0.25) is 0 Å². The maximum absolute atomic E-state index is 12.3. The van der Waals surface area contributed by atoms with Gasteiger partial charge in [-0.15, -0.1) is 0 Å². The average Bonchev–Trinajstić information content (AvgIpc) is 2.78. The molecule has 3 aromatic carbocycles. The van der Waals surface area contributed by atoms with Gasteiger partial charge >= 0.3 is 5.97 Å². The maximum atomic E-state index is 12.3. The van der Waals surface area contributed by atoms with Crippen molar-refractivity contribution in [3.05, 3.63) is 81.3 Å². The van der Waals surface area contributed by atoms with E-state index >= 15 is 0 Å². The summed E-state index contributed by atoms with van der Waals surface area (Å²) >= 11 is 3.49. The fourth-order valence-electron chi connectivity index (χ4n) is 3.24. The fraction of sp³-hybridized carbons (Fsp3) is 0.200. The number of carbonyl (C=O) groups excluding carboxylic acids is 1. The molecule has 0 heterocycles. The van der Waals surface area contributed by atoms with Gasteiger partial charge in [-0.25, -0.2) is 4.79 Å². The van der Waals surface area contributed by atoms with Gasteiger partial charge in [-0.1, -0.05) is 23.8 Å². The lowest BCUT2D eigenvalue weighted by atomic mass is 10.1. The van der Waals surface area contributed by atoms with Crippen LogP contribution in [0.15, 0.2) is 59.1 Å². The molecule has 0 saturated heterocycles. The van der Waals surface area contributed by atoms with Gasteiger partial charge in [0.25, 0.3) is 5.91 Å². The molecule has 3 rings (SSSR count). The number of halogens is 1. The van der Waals surface area contributed by atoms with Gasteiger partial charge in [0, 0.05) is 17.9 Å². The monoisotopic (exact) mass is 512 g/mol. The van der Waals surface area contributed by atoms with Crippen molar-refractivity contribution in [2.24, 2.45) is 0 Å². The van der Waals surface area contributed by atoms with E-state index in [9.17, 15) is 14.7 Å².